The first-order chi connectivity index (χ1) is 10.6. The van der Waals surface area contributed by atoms with Crippen molar-refractivity contribution in [3.05, 3.63) is 18.2 Å². The SMILES string of the molecule is CN1CCC(C2CCN(C(=O)CCc3cncn3C)C2)CC1. The Labute approximate surface area is 133 Å². The zero-order chi connectivity index (χ0) is 15.5. The van der Waals surface area contributed by atoms with Gasteiger partial charge in [0.1, 0.15) is 0 Å². The Morgan fingerprint density at radius 2 is 1.91 bits per heavy atom. The van der Waals surface area contributed by atoms with Gasteiger partial charge in [-0.1, -0.05) is 0 Å². The molecule has 2 fully saturated rings. The highest BCUT2D eigenvalue weighted by molar-refractivity contribution is 5.76. The van der Waals surface area contributed by atoms with Crippen molar-refractivity contribution in [1.82, 2.24) is 19.4 Å². The molecule has 3 heterocycles. The van der Waals surface area contributed by atoms with E-state index in [-0.39, 0.29) is 0 Å². The van der Waals surface area contributed by atoms with E-state index in [9.17, 15) is 4.79 Å². The normalized spacial score (nSPS) is 24.1. The number of likely N-dealkylation sites (tertiary alicyclic amines) is 2. The summed E-state index contributed by atoms with van der Waals surface area (Å²) in [6.07, 6.45) is 8.87. The summed E-state index contributed by atoms with van der Waals surface area (Å²) in [5, 5.41) is 0. The molecule has 1 aromatic heterocycles. The Morgan fingerprint density at radius 1 is 1.18 bits per heavy atom. The molecule has 1 unspecified atom stereocenters. The Hall–Kier alpha value is -1.36. The van der Waals surface area contributed by atoms with Crippen LogP contribution < -0.4 is 0 Å². The summed E-state index contributed by atoms with van der Waals surface area (Å²) >= 11 is 0. The van der Waals surface area contributed by atoms with Gasteiger partial charge in [0.05, 0.1) is 6.33 Å². The second-order valence-corrected chi connectivity index (χ2v) is 7.03. The van der Waals surface area contributed by atoms with Crippen molar-refractivity contribution >= 4 is 5.91 Å². The average Bonchev–Trinajstić information content (AvgIpc) is 3.15. The van der Waals surface area contributed by atoms with Gasteiger partial charge in [-0.25, -0.2) is 4.98 Å². The van der Waals surface area contributed by atoms with E-state index < -0.39 is 0 Å². The van der Waals surface area contributed by atoms with E-state index in [0.29, 0.717) is 12.3 Å². The third kappa shape index (κ3) is 3.51. The van der Waals surface area contributed by atoms with Crippen molar-refractivity contribution in [2.45, 2.75) is 32.1 Å². The van der Waals surface area contributed by atoms with Crippen molar-refractivity contribution in [1.29, 1.82) is 0 Å². The van der Waals surface area contributed by atoms with E-state index in [2.05, 4.69) is 21.8 Å². The molecule has 0 N–H and O–H groups in total. The monoisotopic (exact) mass is 304 g/mol. The number of hydrogen-bond donors (Lipinski definition) is 0. The zero-order valence-corrected chi connectivity index (χ0v) is 13.9. The zero-order valence-electron chi connectivity index (χ0n) is 13.9. The van der Waals surface area contributed by atoms with Crippen LogP contribution in [0, 0.1) is 11.8 Å². The number of carbonyl (C=O) groups is 1. The number of amides is 1. The predicted octanol–water partition coefficient (Wildman–Crippen LogP) is 1.54. The molecule has 22 heavy (non-hydrogen) atoms. The fourth-order valence-corrected chi connectivity index (χ4v) is 3.92. The fourth-order valence-electron chi connectivity index (χ4n) is 3.92. The summed E-state index contributed by atoms with van der Waals surface area (Å²) in [4.78, 5) is 21.0. The second-order valence-electron chi connectivity index (χ2n) is 7.03. The van der Waals surface area contributed by atoms with Gasteiger partial charge in [-0.05, 0) is 57.7 Å². The molecule has 122 valence electrons. The highest BCUT2D eigenvalue weighted by Gasteiger charge is 2.32. The first kappa shape index (κ1) is 15.5. The Balaban J connectivity index is 1.45. The molecular weight excluding hydrogens is 276 g/mol. The van der Waals surface area contributed by atoms with Gasteiger partial charge >= 0.3 is 0 Å². The lowest BCUT2D eigenvalue weighted by Gasteiger charge is -2.32. The molecule has 5 heteroatoms. The molecule has 1 amide bonds. The van der Waals surface area contributed by atoms with E-state index in [1.807, 2.05) is 17.8 Å². The fraction of sp³-hybridized carbons (Fsp3) is 0.765. The van der Waals surface area contributed by atoms with Gasteiger partial charge in [0.2, 0.25) is 5.91 Å². The van der Waals surface area contributed by atoms with Crippen molar-refractivity contribution in [2.75, 3.05) is 33.2 Å². The summed E-state index contributed by atoms with van der Waals surface area (Å²) in [5.74, 6) is 1.87. The summed E-state index contributed by atoms with van der Waals surface area (Å²) in [6, 6.07) is 0. The van der Waals surface area contributed by atoms with Crippen LogP contribution in [0.1, 0.15) is 31.4 Å². The van der Waals surface area contributed by atoms with Gasteiger partial charge in [-0.15, -0.1) is 0 Å². The van der Waals surface area contributed by atoms with Crippen LogP contribution in [0.4, 0.5) is 0 Å². The minimum absolute atomic E-state index is 0.316. The standard InChI is InChI=1S/C17H28N4O/c1-19-8-5-14(6-9-19)15-7-10-21(12-15)17(22)4-3-16-11-18-13-20(16)2/h11,13-15H,3-10,12H2,1-2H3. The number of hydrogen-bond acceptors (Lipinski definition) is 3. The van der Waals surface area contributed by atoms with Crippen molar-refractivity contribution in [2.24, 2.45) is 18.9 Å². The smallest absolute Gasteiger partial charge is 0.222 e. The van der Waals surface area contributed by atoms with E-state index in [1.54, 1.807) is 6.33 Å². The molecule has 0 bridgehead atoms. The van der Waals surface area contributed by atoms with Crippen LogP contribution in [-0.4, -0.2) is 58.5 Å². The number of nitrogens with zero attached hydrogens (tertiary/aromatic N) is 4. The molecule has 2 aliphatic heterocycles. The molecular formula is C17H28N4O. The van der Waals surface area contributed by atoms with Crippen LogP contribution in [0.25, 0.3) is 0 Å². The highest BCUT2D eigenvalue weighted by Crippen LogP contribution is 2.31. The van der Waals surface area contributed by atoms with E-state index in [0.717, 1.165) is 37.0 Å². The number of carbonyl (C=O) groups excluding carboxylic acids is 1. The highest BCUT2D eigenvalue weighted by atomic mass is 16.2. The molecule has 2 aliphatic rings. The molecule has 3 rings (SSSR count). The first-order valence-corrected chi connectivity index (χ1v) is 8.55. The largest absolute Gasteiger partial charge is 0.342 e. The quantitative estimate of drug-likeness (QED) is 0.847. The summed E-state index contributed by atoms with van der Waals surface area (Å²) in [5.41, 5.74) is 1.14. The average molecular weight is 304 g/mol. The number of piperidine rings is 1. The van der Waals surface area contributed by atoms with Crippen LogP contribution >= 0.6 is 0 Å². The van der Waals surface area contributed by atoms with E-state index >= 15 is 0 Å². The van der Waals surface area contributed by atoms with Crippen LogP contribution in [0.3, 0.4) is 0 Å². The minimum Gasteiger partial charge on any atom is -0.342 e. The topological polar surface area (TPSA) is 41.4 Å². The molecule has 1 atom stereocenters. The summed E-state index contributed by atoms with van der Waals surface area (Å²) in [6.45, 7) is 4.38. The predicted molar refractivity (Wildman–Crippen MR) is 86.4 cm³/mol. The Bertz CT molecular complexity index is 505. The lowest BCUT2D eigenvalue weighted by Crippen LogP contribution is -2.35. The molecule has 0 radical (unpaired) electrons. The van der Waals surface area contributed by atoms with Crippen molar-refractivity contribution in [3.63, 3.8) is 0 Å². The van der Waals surface area contributed by atoms with Gasteiger partial charge in [0, 0.05) is 38.4 Å². The van der Waals surface area contributed by atoms with Crippen LogP contribution in [0.15, 0.2) is 12.5 Å². The Morgan fingerprint density at radius 3 is 2.59 bits per heavy atom. The third-order valence-electron chi connectivity index (χ3n) is 5.52. The van der Waals surface area contributed by atoms with Gasteiger partial charge in [0.15, 0.2) is 0 Å². The van der Waals surface area contributed by atoms with Gasteiger partial charge < -0.3 is 14.4 Å². The molecule has 2 saturated heterocycles. The molecule has 0 aliphatic carbocycles. The maximum Gasteiger partial charge on any atom is 0.222 e. The third-order valence-corrected chi connectivity index (χ3v) is 5.52. The van der Waals surface area contributed by atoms with Gasteiger partial charge in [-0.3, -0.25) is 4.79 Å². The molecule has 0 saturated carbocycles. The van der Waals surface area contributed by atoms with Crippen LogP contribution in [0.5, 0.6) is 0 Å². The lowest BCUT2D eigenvalue weighted by molar-refractivity contribution is -0.130. The van der Waals surface area contributed by atoms with Crippen molar-refractivity contribution in [3.8, 4) is 0 Å². The minimum atomic E-state index is 0.316. The van der Waals surface area contributed by atoms with Crippen LogP contribution in [0.2, 0.25) is 0 Å². The van der Waals surface area contributed by atoms with Crippen molar-refractivity contribution < 1.29 is 4.79 Å². The van der Waals surface area contributed by atoms with Gasteiger partial charge in [-0.2, -0.15) is 0 Å². The maximum absolute atomic E-state index is 12.4. The molecule has 0 aromatic carbocycles. The number of aryl methyl sites for hydroxylation is 2. The second kappa shape index (κ2) is 6.82. The molecule has 1 aromatic rings. The summed E-state index contributed by atoms with van der Waals surface area (Å²) in [7, 11) is 4.19. The first-order valence-electron chi connectivity index (χ1n) is 8.55. The Kier molecular flexibility index (Phi) is 4.81. The molecule has 0 spiro atoms. The number of rotatable bonds is 4. The van der Waals surface area contributed by atoms with Crippen LogP contribution in [-0.2, 0) is 18.3 Å². The summed E-state index contributed by atoms with van der Waals surface area (Å²) < 4.78 is 2.00. The van der Waals surface area contributed by atoms with E-state index in [4.69, 9.17) is 0 Å². The lowest BCUT2D eigenvalue weighted by atomic mass is 9.84. The van der Waals surface area contributed by atoms with E-state index in [1.165, 1.54) is 32.4 Å². The number of imidazole rings is 1. The molecule has 5 nitrogen and oxygen atoms in total. The van der Waals surface area contributed by atoms with Gasteiger partial charge in [0.25, 0.3) is 0 Å². The maximum atomic E-state index is 12.4. The number of aromatic nitrogens is 2.